The summed E-state index contributed by atoms with van der Waals surface area (Å²) in [7, 11) is 0. The van der Waals surface area contributed by atoms with Crippen LogP contribution in [0.3, 0.4) is 0 Å². The van der Waals surface area contributed by atoms with Crippen molar-refractivity contribution >= 4 is 45.0 Å². The van der Waals surface area contributed by atoms with E-state index >= 15 is 0 Å². The maximum Gasteiger partial charge on any atom is 0.254 e. The molecule has 0 spiro atoms. The summed E-state index contributed by atoms with van der Waals surface area (Å²) in [5.41, 5.74) is 2.37. The molecule has 3 rings (SSSR count). The van der Waals surface area contributed by atoms with E-state index in [1.165, 1.54) is 0 Å². The third-order valence-corrected chi connectivity index (χ3v) is 5.23. The second kappa shape index (κ2) is 7.18. The minimum absolute atomic E-state index is 0.0953. The zero-order valence-corrected chi connectivity index (χ0v) is 16.3. The van der Waals surface area contributed by atoms with Crippen LogP contribution in [0.1, 0.15) is 22.8 Å². The number of piperazine rings is 1. The molecule has 1 fully saturated rings. The minimum Gasteiger partial charge on any atom is -0.325 e. The van der Waals surface area contributed by atoms with Crippen molar-refractivity contribution in [1.29, 1.82) is 0 Å². The van der Waals surface area contributed by atoms with Gasteiger partial charge in [-0.2, -0.15) is 0 Å². The second-order valence-corrected chi connectivity index (χ2v) is 7.45. The lowest BCUT2D eigenvalue weighted by Gasteiger charge is -2.39. The second-order valence-electron chi connectivity index (χ2n) is 6.10. The molecule has 2 aromatic rings. The number of rotatable bonds is 2. The molecule has 2 aromatic carbocycles. The Morgan fingerprint density at radius 3 is 2.52 bits per heavy atom. The van der Waals surface area contributed by atoms with Crippen molar-refractivity contribution in [2.24, 2.45) is 0 Å². The summed E-state index contributed by atoms with van der Waals surface area (Å²) in [5, 5.41) is 0.592. The van der Waals surface area contributed by atoms with Crippen molar-refractivity contribution in [3.8, 4) is 0 Å². The Morgan fingerprint density at radius 2 is 1.84 bits per heavy atom. The summed E-state index contributed by atoms with van der Waals surface area (Å²) in [6.45, 7) is 4.65. The fourth-order valence-corrected chi connectivity index (χ4v) is 3.45. The third kappa shape index (κ3) is 3.58. The van der Waals surface area contributed by atoms with Crippen LogP contribution in [0.15, 0.2) is 46.9 Å². The van der Waals surface area contributed by atoms with Gasteiger partial charge in [0.1, 0.15) is 6.04 Å². The Hall–Kier alpha value is -1.85. The van der Waals surface area contributed by atoms with Crippen molar-refractivity contribution in [1.82, 2.24) is 4.90 Å². The molecule has 130 valence electrons. The van der Waals surface area contributed by atoms with Gasteiger partial charge in [-0.3, -0.25) is 9.59 Å². The van der Waals surface area contributed by atoms with Crippen molar-refractivity contribution in [3.63, 3.8) is 0 Å². The van der Waals surface area contributed by atoms with E-state index in [4.69, 9.17) is 11.6 Å². The van der Waals surface area contributed by atoms with Crippen LogP contribution >= 0.6 is 27.5 Å². The lowest BCUT2D eigenvalue weighted by Crippen LogP contribution is -2.57. The van der Waals surface area contributed by atoms with E-state index < -0.39 is 6.04 Å². The highest BCUT2D eigenvalue weighted by Gasteiger charge is 2.35. The first-order chi connectivity index (χ1) is 11.9. The summed E-state index contributed by atoms with van der Waals surface area (Å²) in [6.07, 6.45) is 0. The van der Waals surface area contributed by atoms with Crippen LogP contribution in [-0.2, 0) is 4.79 Å². The van der Waals surface area contributed by atoms with Gasteiger partial charge in [-0.25, -0.2) is 0 Å². The molecule has 1 atom stereocenters. The van der Waals surface area contributed by atoms with Crippen molar-refractivity contribution < 1.29 is 9.59 Å². The van der Waals surface area contributed by atoms with Crippen LogP contribution in [0, 0.1) is 6.92 Å². The normalized spacial score (nSPS) is 17.8. The molecule has 1 heterocycles. The van der Waals surface area contributed by atoms with Gasteiger partial charge in [-0.05, 0) is 55.8 Å². The number of carbonyl (C=O) groups excluding carboxylic acids is 2. The summed E-state index contributed by atoms with van der Waals surface area (Å²) < 4.78 is 0.912. The van der Waals surface area contributed by atoms with E-state index in [-0.39, 0.29) is 11.8 Å². The number of anilines is 1. The van der Waals surface area contributed by atoms with Gasteiger partial charge in [-0.15, -0.1) is 0 Å². The predicted octanol–water partition coefficient (Wildman–Crippen LogP) is 4.29. The van der Waals surface area contributed by atoms with Crippen molar-refractivity contribution in [2.45, 2.75) is 19.9 Å². The quantitative estimate of drug-likeness (QED) is 0.726. The Kier molecular flexibility index (Phi) is 5.16. The fraction of sp³-hybridized carbons (Fsp3) is 0.263. The molecule has 0 unspecified atom stereocenters. The summed E-state index contributed by atoms with van der Waals surface area (Å²) in [4.78, 5) is 29.0. The van der Waals surface area contributed by atoms with Crippen molar-refractivity contribution in [3.05, 3.63) is 63.1 Å². The van der Waals surface area contributed by atoms with Crippen LogP contribution in [0.2, 0.25) is 5.02 Å². The third-order valence-electron chi connectivity index (χ3n) is 4.47. The highest BCUT2D eigenvalue weighted by molar-refractivity contribution is 9.10. The van der Waals surface area contributed by atoms with Crippen LogP contribution < -0.4 is 4.90 Å². The zero-order valence-electron chi connectivity index (χ0n) is 14.0. The van der Waals surface area contributed by atoms with Gasteiger partial charge in [0.05, 0.1) is 0 Å². The highest BCUT2D eigenvalue weighted by Crippen LogP contribution is 2.28. The van der Waals surface area contributed by atoms with Gasteiger partial charge in [-0.1, -0.05) is 33.6 Å². The Morgan fingerprint density at radius 1 is 1.16 bits per heavy atom. The molecule has 0 bridgehead atoms. The number of hydrogen-bond acceptors (Lipinski definition) is 2. The summed E-state index contributed by atoms with van der Waals surface area (Å²) >= 11 is 9.45. The van der Waals surface area contributed by atoms with E-state index in [2.05, 4.69) is 15.9 Å². The fourth-order valence-electron chi connectivity index (χ4n) is 3.02. The average Bonchev–Trinajstić information content (AvgIpc) is 2.60. The Labute approximate surface area is 160 Å². The molecular formula is C19H18BrClN2O2. The molecule has 25 heavy (non-hydrogen) atoms. The van der Waals surface area contributed by atoms with Gasteiger partial charge in [0.25, 0.3) is 5.91 Å². The van der Waals surface area contributed by atoms with Crippen LogP contribution in [0.25, 0.3) is 0 Å². The SMILES string of the molecule is Cc1ccc(Cl)cc1N1CCN(C(=O)c2ccc(Br)cc2)[C@@H](C)C1=O. The van der Waals surface area contributed by atoms with Gasteiger partial charge in [0.2, 0.25) is 5.91 Å². The van der Waals surface area contributed by atoms with Gasteiger partial charge in [0.15, 0.2) is 0 Å². The highest BCUT2D eigenvalue weighted by atomic mass is 79.9. The first kappa shape index (κ1) is 18.0. The van der Waals surface area contributed by atoms with Gasteiger partial charge in [0, 0.05) is 33.8 Å². The van der Waals surface area contributed by atoms with Crippen LogP contribution in [0.5, 0.6) is 0 Å². The van der Waals surface area contributed by atoms with Gasteiger partial charge < -0.3 is 9.80 Å². The molecule has 0 N–H and O–H groups in total. The van der Waals surface area contributed by atoms with E-state index in [0.29, 0.717) is 23.7 Å². The van der Waals surface area contributed by atoms with Gasteiger partial charge >= 0.3 is 0 Å². The number of halogens is 2. The smallest absolute Gasteiger partial charge is 0.254 e. The first-order valence-electron chi connectivity index (χ1n) is 8.02. The number of carbonyl (C=O) groups is 2. The van der Waals surface area contributed by atoms with E-state index in [1.54, 1.807) is 34.9 Å². The summed E-state index contributed by atoms with van der Waals surface area (Å²) in [6, 6.07) is 12.2. The van der Waals surface area contributed by atoms with E-state index in [1.807, 2.05) is 31.2 Å². The standard InChI is InChI=1S/C19H18BrClN2O2/c1-12-3-8-16(21)11-17(12)23-10-9-22(13(2)18(23)24)19(25)14-4-6-15(20)7-5-14/h3-8,11,13H,9-10H2,1-2H3/t13-/m0/s1. The molecule has 0 aromatic heterocycles. The molecule has 0 aliphatic carbocycles. The molecule has 2 amide bonds. The average molecular weight is 422 g/mol. The minimum atomic E-state index is -0.525. The number of aryl methyl sites for hydroxylation is 1. The molecule has 6 heteroatoms. The molecule has 0 radical (unpaired) electrons. The van der Waals surface area contributed by atoms with Crippen molar-refractivity contribution in [2.75, 3.05) is 18.0 Å². The summed E-state index contributed by atoms with van der Waals surface area (Å²) in [5.74, 6) is -0.224. The van der Waals surface area contributed by atoms with Crippen LogP contribution in [0.4, 0.5) is 5.69 Å². The molecule has 4 nitrogen and oxygen atoms in total. The lowest BCUT2D eigenvalue weighted by molar-refractivity contribution is -0.124. The molecular weight excluding hydrogens is 404 g/mol. The number of benzene rings is 2. The number of amides is 2. The first-order valence-corrected chi connectivity index (χ1v) is 9.19. The molecule has 0 saturated carbocycles. The Balaban J connectivity index is 1.83. The maximum absolute atomic E-state index is 12.9. The van der Waals surface area contributed by atoms with E-state index in [9.17, 15) is 9.59 Å². The predicted molar refractivity (Wildman–Crippen MR) is 103 cm³/mol. The lowest BCUT2D eigenvalue weighted by atomic mass is 10.1. The number of nitrogens with zero attached hydrogens (tertiary/aromatic N) is 2. The molecule has 1 aliphatic rings. The molecule has 1 aliphatic heterocycles. The van der Waals surface area contributed by atoms with E-state index in [0.717, 1.165) is 15.7 Å². The zero-order chi connectivity index (χ0) is 18.1. The molecule has 1 saturated heterocycles. The van der Waals surface area contributed by atoms with Crippen LogP contribution in [-0.4, -0.2) is 35.8 Å². The Bertz CT molecular complexity index is 823. The maximum atomic E-state index is 12.9. The number of hydrogen-bond donors (Lipinski definition) is 0. The largest absolute Gasteiger partial charge is 0.325 e. The monoisotopic (exact) mass is 420 g/mol. The topological polar surface area (TPSA) is 40.6 Å².